The van der Waals surface area contributed by atoms with Crippen molar-refractivity contribution in [1.82, 2.24) is 10.3 Å². The van der Waals surface area contributed by atoms with Gasteiger partial charge in [-0.2, -0.15) is 13.2 Å². The molecule has 1 aromatic carbocycles. The normalized spacial score (nSPS) is 13.8. The van der Waals surface area contributed by atoms with Crippen LogP contribution in [0.25, 0.3) is 0 Å². The number of aromatic nitrogens is 1. The molecular formula is C17H18F3N3O3. The predicted octanol–water partition coefficient (Wildman–Crippen LogP) is 2.22. The van der Waals surface area contributed by atoms with E-state index in [2.05, 4.69) is 10.3 Å². The maximum Gasteiger partial charge on any atom is 0.416 e. The standard InChI is InChI=1S/C17H18F3N3O3/c1-10(24)14(21)15(25)23-9-11-4-3-7-22-16(11)26-13-6-2-5-12(8-13)17(18,19)20/h2-8,10,14,24H,9,21H2,1H3,(H,23,25)/t10-,14+/m1/s1. The summed E-state index contributed by atoms with van der Waals surface area (Å²) in [4.78, 5) is 15.8. The predicted molar refractivity (Wildman–Crippen MR) is 87.3 cm³/mol. The SMILES string of the molecule is C[C@@H](O)[C@H](N)C(=O)NCc1cccnc1Oc1cccc(C(F)(F)F)c1. The van der Waals surface area contributed by atoms with Crippen molar-refractivity contribution in [2.75, 3.05) is 0 Å². The van der Waals surface area contributed by atoms with E-state index < -0.39 is 29.8 Å². The molecule has 0 saturated carbocycles. The Morgan fingerprint density at radius 2 is 2.08 bits per heavy atom. The van der Waals surface area contributed by atoms with Gasteiger partial charge in [0.2, 0.25) is 11.8 Å². The van der Waals surface area contributed by atoms with Crippen molar-refractivity contribution < 1.29 is 27.8 Å². The second-order valence-corrected chi connectivity index (χ2v) is 5.58. The van der Waals surface area contributed by atoms with Crippen LogP contribution in [-0.2, 0) is 17.5 Å². The van der Waals surface area contributed by atoms with Crippen LogP contribution in [0.1, 0.15) is 18.1 Å². The van der Waals surface area contributed by atoms with Gasteiger partial charge in [0.1, 0.15) is 11.8 Å². The van der Waals surface area contributed by atoms with E-state index >= 15 is 0 Å². The number of carbonyl (C=O) groups is 1. The van der Waals surface area contributed by atoms with Gasteiger partial charge in [-0.3, -0.25) is 4.79 Å². The first-order chi connectivity index (χ1) is 12.2. The highest BCUT2D eigenvalue weighted by Crippen LogP contribution is 2.32. The molecule has 140 valence electrons. The number of amides is 1. The molecular weight excluding hydrogens is 351 g/mol. The lowest BCUT2D eigenvalue weighted by molar-refractivity contribution is -0.137. The Kier molecular flexibility index (Phi) is 6.17. The molecule has 4 N–H and O–H groups in total. The minimum absolute atomic E-state index is 0.0125. The zero-order valence-electron chi connectivity index (χ0n) is 13.8. The molecule has 9 heteroatoms. The minimum Gasteiger partial charge on any atom is -0.439 e. The molecule has 1 amide bonds. The van der Waals surface area contributed by atoms with Crippen LogP contribution in [-0.4, -0.2) is 28.1 Å². The minimum atomic E-state index is -4.49. The molecule has 0 bridgehead atoms. The molecule has 0 aliphatic heterocycles. The molecule has 1 aromatic heterocycles. The molecule has 6 nitrogen and oxygen atoms in total. The van der Waals surface area contributed by atoms with Gasteiger partial charge < -0.3 is 20.9 Å². The molecule has 1 heterocycles. The van der Waals surface area contributed by atoms with Gasteiger partial charge in [0, 0.05) is 18.3 Å². The van der Waals surface area contributed by atoms with Crippen molar-refractivity contribution in [1.29, 1.82) is 0 Å². The number of pyridine rings is 1. The van der Waals surface area contributed by atoms with Gasteiger partial charge in [-0.25, -0.2) is 4.98 Å². The molecule has 0 spiro atoms. The fraction of sp³-hybridized carbons (Fsp3) is 0.294. The van der Waals surface area contributed by atoms with Crippen LogP contribution in [0.3, 0.4) is 0 Å². The summed E-state index contributed by atoms with van der Waals surface area (Å²) in [6, 6.07) is 6.49. The van der Waals surface area contributed by atoms with E-state index in [4.69, 9.17) is 10.5 Å². The Morgan fingerprint density at radius 1 is 1.35 bits per heavy atom. The molecule has 0 aliphatic rings. The van der Waals surface area contributed by atoms with E-state index in [9.17, 15) is 23.1 Å². The number of halogens is 3. The van der Waals surface area contributed by atoms with E-state index in [0.29, 0.717) is 5.56 Å². The third kappa shape index (κ3) is 5.17. The summed E-state index contributed by atoms with van der Waals surface area (Å²) in [5.74, 6) is -0.557. The van der Waals surface area contributed by atoms with Crippen LogP contribution in [0.15, 0.2) is 42.6 Å². The van der Waals surface area contributed by atoms with Gasteiger partial charge in [0.25, 0.3) is 0 Å². The summed E-state index contributed by atoms with van der Waals surface area (Å²) >= 11 is 0. The summed E-state index contributed by atoms with van der Waals surface area (Å²) in [5, 5.41) is 11.8. The third-order valence-corrected chi connectivity index (χ3v) is 3.50. The van der Waals surface area contributed by atoms with Gasteiger partial charge in [-0.15, -0.1) is 0 Å². The number of aliphatic hydroxyl groups is 1. The first-order valence-corrected chi connectivity index (χ1v) is 7.69. The van der Waals surface area contributed by atoms with Crippen molar-refractivity contribution >= 4 is 5.91 Å². The number of carbonyl (C=O) groups excluding carboxylic acids is 1. The molecule has 0 radical (unpaired) electrons. The topological polar surface area (TPSA) is 97.5 Å². The van der Waals surface area contributed by atoms with Gasteiger partial charge in [-0.1, -0.05) is 12.1 Å². The Labute approximate surface area is 147 Å². The first kappa shape index (κ1) is 19.7. The summed E-state index contributed by atoms with van der Waals surface area (Å²) in [7, 11) is 0. The second kappa shape index (κ2) is 8.15. The van der Waals surface area contributed by atoms with E-state index in [1.165, 1.54) is 25.3 Å². The second-order valence-electron chi connectivity index (χ2n) is 5.58. The summed E-state index contributed by atoms with van der Waals surface area (Å²) < 4.78 is 43.8. The number of rotatable bonds is 6. The number of hydrogen-bond acceptors (Lipinski definition) is 5. The van der Waals surface area contributed by atoms with Crippen molar-refractivity contribution in [2.24, 2.45) is 5.73 Å². The van der Waals surface area contributed by atoms with Crippen molar-refractivity contribution in [2.45, 2.75) is 31.8 Å². The van der Waals surface area contributed by atoms with E-state index in [-0.39, 0.29) is 18.2 Å². The molecule has 26 heavy (non-hydrogen) atoms. The molecule has 2 aromatic rings. The fourth-order valence-corrected chi connectivity index (χ4v) is 2.02. The van der Waals surface area contributed by atoms with Crippen molar-refractivity contribution in [3.8, 4) is 11.6 Å². The molecule has 0 fully saturated rings. The number of ether oxygens (including phenoxy) is 1. The number of alkyl halides is 3. The highest BCUT2D eigenvalue weighted by molar-refractivity contribution is 5.82. The van der Waals surface area contributed by atoms with E-state index in [1.807, 2.05) is 0 Å². The monoisotopic (exact) mass is 369 g/mol. The quantitative estimate of drug-likeness (QED) is 0.725. The number of nitrogens with two attached hydrogens (primary N) is 1. The molecule has 0 unspecified atom stereocenters. The molecule has 0 aliphatic carbocycles. The Morgan fingerprint density at radius 3 is 2.73 bits per heavy atom. The average molecular weight is 369 g/mol. The fourth-order valence-electron chi connectivity index (χ4n) is 2.02. The Hall–Kier alpha value is -2.65. The number of nitrogens with one attached hydrogen (secondary N) is 1. The van der Waals surface area contributed by atoms with E-state index in [1.54, 1.807) is 12.1 Å². The number of nitrogens with zero attached hydrogens (tertiary/aromatic N) is 1. The summed E-state index contributed by atoms with van der Waals surface area (Å²) in [6.07, 6.45) is -4.10. The van der Waals surface area contributed by atoms with Gasteiger partial charge in [0.15, 0.2) is 0 Å². The molecule has 2 atom stereocenters. The van der Waals surface area contributed by atoms with Crippen LogP contribution in [0.5, 0.6) is 11.6 Å². The van der Waals surface area contributed by atoms with Crippen LogP contribution in [0.2, 0.25) is 0 Å². The first-order valence-electron chi connectivity index (χ1n) is 7.69. The number of hydrogen-bond donors (Lipinski definition) is 3. The van der Waals surface area contributed by atoms with Crippen LogP contribution in [0.4, 0.5) is 13.2 Å². The highest BCUT2D eigenvalue weighted by Gasteiger charge is 2.30. The molecule has 2 rings (SSSR count). The number of benzene rings is 1. The average Bonchev–Trinajstić information content (AvgIpc) is 2.59. The maximum absolute atomic E-state index is 12.8. The van der Waals surface area contributed by atoms with Gasteiger partial charge in [0.05, 0.1) is 11.7 Å². The van der Waals surface area contributed by atoms with E-state index in [0.717, 1.165) is 12.1 Å². The zero-order valence-corrected chi connectivity index (χ0v) is 13.8. The largest absolute Gasteiger partial charge is 0.439 e. The van der Waals surface area contributed by atoms with Gasteiger partial charge in [-0.05, 0) is 31.2 Å². The maximum atomic E-state index is 12.8. The summed E-state index contributed by atoms with van der Waals surface area (Å²) in [5.41, 5.74) is 5.12. The van der Waals surface area contributed by atoms with Crippen LogP contribution < -0.4 is 15.8 Å². The lowest BCUT2D eigenvalue weighted by atomic mass is 10.2. The van der Waals surface area contributed by atoms with Crippen LogP contribution >= 0.6 is 0 Å². The smallest absolute Gasteiger partial charge is 0.416 e. The van der Waals surface area contributed by atoms with Crippen molar-refractivity contribution in [3.05, 3.63) is 53.7 Å². The zero-order chi connectivity index (χ0) is 19.3. The Balaban J connectivity index is 2.13. The number of aliphatic hydroxyl groups excluding tert-OH is 1. The lowest BCUT2D eigenvalue weighted by Gasteiger charge is -2.16. The third-order valence-electron chi connectivity index (χ3n) is 3.50. The Bertz CT molecular complexity index is 766. The molecule has 0 saturated heterocycles. The summed E-state index contributed by atoms with van der Waals surface area (Å²) in [6.45, 7) is 1.37. The highest BCUT2D eigenvalue weighted by atomic mass is 19.4. The van der Waals surface area contributed by atoms with Crippen LogP contribution in [0, 0.1) is 0 Å². The van der Waals surface area contributed by atoms with Crippen molar-refractivity contribution in [3.63, 3.8) is 0 Å². The lowest BCUT2D eigenvalue weighted by Crippen LogP contribution is -2.46. The van der Waals surface area contributed by atoms with Gasteiger partial charge >= 0.3 is 6.18 Å².